The highest BCUT2D eigenvalue weighted by Gasteiger charge is 2.32. The number of aliphatic hydroxyl groups is 1. The predicted molar refractivity (Wildman–Crippen MR) is 142 cm³/mol. The van der Waals surface area contributed by atoms with Gasteiger partial charge in [-0.15, -0.1) is 0 Å². The largest absolute Gasteiger partial charge is 0.390 e. The Labute approximate surface area is 234 Å². The molecule has 220 valence electrons. The number of amides is 2. The fourth-order valence-corrected chi connectivity index (χ4v) is 4.54. The van der Waals surface area contributed by atoms with Gasteiger partial charge in [-0.05, 0) is 37.1 Å². The quantitative estimate of drug-likeness (QED) is 0.359. The fraction of sp³-hybridized carbons (Fsp3) is 0.481. The zero-order valence-corrected chi connectivity index (χ0v) is 23.0. The maximum atomic E-state index is 14.9. The van der Waals surface area contributed by atoms with E-state index >= 15 is 0 Å². The van der Waals surface area contributed by atoms with E-state index in [-0.39, 0.29) is 36.3 Å². The normalized spacial score (nSPS) is 17.2. The van der Waals surface area contributed by atoms with Gasteiger partial charge in [0.05, 0.1) is 23.4 Å². The second-order valence-corrected chi connectivity index (χ2v) is 10.6. The van der Waals surface area contributed by atoms with E-state index in [0.717, 1.165) is 6.07 Å². The number of halogens is 6. The van der Waals surface area contributed by atoms with Gasteiger partial charge >= 0.3 is 6.18 Å². The van der Waals surface area contributed by atoms with Crippen LogP contribution in [0.3, 0.4) is 0 Å². The summed E-state index contributed by atoms with van der Waals surface area (Å²) in [6.07, 6.45) is -6.47. The minimum Gasteiger partial charge on any atom is -0.383 e. The molecule has 3 rings (SSSR count). The van der Waals surface area contributed by atoms with E-state index in [2.05, 4.69) is 10.6 Å². The van der Waals surface area contributed by atoms with Gasteiger partial charge in [-0.3, -0.25) is 14.5 Å². The number of carbonyl (C=O) groups excluding carboxylic acids is 2. The molecule has 2 aromatic carbocycles. The van der Waals surface area contributed by atoms with Crippen LogP contribution in [0.2, 0.25) is 5.02 Å². The molecule has 40 heavy (non-hydrogen) atoms. The van der Waals surface area contributed by atoms with E-state index in [1.165, 1.54) is 18.2 Å². The molecule has 1 aliphatic heterocycles. The van der Waals surface area contributed by atoms with E-state index < -0.39 is 47.7 Å². The summed E-state index contributed by atoms with van der Waals surface area (Å²) in [6.45, 7) is 5.62. The summed E-state index contributed by atoms with van der Waals surface area (Å²) in [7, 11) is 0. The van der Waals surface area contributed by atoms with Gasteiger partial charge in [0.1, 0.15) is 6.10 Å². The summed E-state index contributed by atoms with van der Waals surface area (Å²) in [4.78, 5) is 28.5. The molecule has 1 fully saturated rings. The third kappa shape index (κ3) is 8.05. The van der Waals surface area contributed by atoms with E-state index in [1.807, 2.05) is 4.90 Å². The smallest absolute Gasteiger partial charge is 0.383 e. The molecule has 0 radical (unpaired) electrons. The van der Waals surface area contributed by atoms with Crippen molar-refractivity contribution < 1.29 is 36.6 Å². The number of anilines is 2. The molecular weight excluding hydrogens is 559 g/mol. The molecular formula is C27H32ClF5N4O3. The summed E-state index contributed by atoms with van der Waals surface area (Å²) < 4.78 is 67.6. The maximum Gasteiger partial charge on any atom is 0.390 e. The first-order valence-corrected chi connectivity index (χ1v) is 13.1. The summed E-state index contributed by atoms with van der Waals surface area (Å²) in [5.41, 5.74) is -0.0137. The van der Waals surface area contributed by atoms with Gasteiger partial charge in [0.2, 0.25) is 5.91 Å². The molecule has 0 spiro atoms. The van der Waals surface area contributed by atoms with E-state index in [9.17, 15) is 36.6 Å². The highest BCUT2D eigenvalue weighted by atomic mass is 35.5. The number of carbonyl (C=O) groups is 2. The Hall–Kier alpha value is -2.96. The molecule has 2 aromatic rings. The number of nitrogens with zero attached hydrogens (tertiary/aromatic N) is 2. The van der Waals surface area contributed by atoms with Crippen LogP contribution in [0, 0.1) is 17.6 Å². The van der Waals surface area contributed by atoms with E-state index in [0.29, 0.717) is 30.3 Å². The first-order chi connectivity index (χ1) is 18.7. The standard InChI is InChI=1S/C27H32ClF5N4O3/c1-15(2)24(38)26(40)34-13-17-4-6-19(23(30)22(17)29)25(39)35-20-7-5-18(28)12-21(20)37-11-10-36(16(3)14-37)9-8-27(31,32)33/h4-7,12,15-16,24,38H,8-11,13-14H2,1-3H3,(H,34,40)(H,35,39)/t16-,24-/m1/s1. The molecule has 2 amide bonds. The molecule has 1 aliphatic rings. The van der Waals surface area contributed by atoms with Gasteiger partial charge in [-0.1, -0.05) is 31.5 Å². The first-order valence-electron chi connectivity index (χ1n) is 12.8. The SMILES string of the molecule is CC(C)[C@@H](O)C(=O)NCc1ccc(C(=O)Nc2ccc(Cl)cc2N2CCN(CCC(F)(F)F)[C@H](C)C2)c(F)c1F. The van der Waals surface area contributed by atoms with Gasteiger partial charge in [-0.25, -0.2) is 8.78 Å². The van der Waals surface area contributed by atoms with Crippen molar-refractivity contribution in [3.8, 4) is 0 Å². The molecule has 7 nitrogen and oxygen atoms in total. The lowest BCUT2D eigenvalue weighted by molar-refractivity contribution is -0.139. The second-order valence-electron chi connectivity index (χ2n) is 10.1. The molecule has 0 unspecified atom stereocenters. The topological polar surface area (TPSA) is 84.9 Å². The molecule has 13 heteroatoms. The number of hydrogen-bond acceptors (Lipinski definition) is 5. The van der Waals surface area contributed by atoms with Gasteiger partial charge in [0.15, 0.2) is 11.6 Å². The first kappa shape index (κ1) is 31.6. The van der Waals surface area contributed by atoms with Crippen LogP contribution in [0.1, 0.15) is 43.1 Å². The van der Waals surface area contributed by atoms with Crippen LogP contribution in [0.4, 0.5) is 33.3 Å². The Morgan fingerprint density at radius 1 is 1.12 bits per heavy atom. The lowest BCUT2D eigenvalue weighted by Gasteiger charge is -2.41. The van der Waals surface area contributed by atoms with Crippen molar-refractivity contribution >= 4 is 34.8 Å². The lowest BCUT2D eigenvalue weighted by Crippen LogP contribution is -2.52. The van der Waals surface area contributed by atoms with Crippen LogP contribution in [-0.4, -0.2) is 66.3 Å². The number of alkyl halides is 3. The monoisotopic (exact) mass is 590 g/mol. The van der Waals surface area contributed by atoms with E-state index in [4.69, 9.17) is 11.6 Å². The van der Waals surface area contributed by atoms with Gasteiger partial charge in [0, 0.05) is 49.4 Å². The van der Waals surface area contributed by atoms with Gasteiger partial charge < -0.3 is 20.6 Å². The van der Waals surface area contributed by atoms with Gasteiger partial charge in [-0.2, -0.15) is 13.2 Å². The van der Waals surface area contributed by atoms with Crippen LogP contribution in [-0.2, 0) is 11.3 Å². The van der Waals surface area contributed by atoms with E-state index in [1.54, 1.807) is 31.7 Å². The fourth-order valence-electron chi connectivity index (χ4n) is 4.37. The molecule has 0 aliphatic carbocycles. The average molecular weight is 591 g/mol. The Morgan fingerprint density at radius 2 is 1.82 bits per heavy atom. The van der Waals surface area contributed by atoms with Crippen molar-refractivity contribution in [3.63, 3.8) is 0 Å². The molecule has 2 atom stereocenters. The third-order valence-electron chi connectivity index (χ3n) is 6.76. The Morgan fingerprint density at radius 3 is 2.45 bits per heavy atom. The molecule has 0 saturated carbocycles. The van der Waals surface area contributed by atoms with Gasteiger partial charge in [0.25, 0.3) is 5.91 Å². The Kier molecular flexibility index (Phi) is 10.4. The van der Waals surface area contributed by atoms with Crippen molar-refractivity contribution in [2.75, 3.05) is 36.4 Å². The third-order valence-corrected chi connectivity index (χ3v) is 6.99. The minimum atomic E-state index is -4.25. The molecule has 1 heterocycles. The zero-order chi connectivity index (χ0) is 29.8. The average Bonchev–Trinajstić information content (AvgIpc) is 2.88. The van der Waals surface area contributed by atoms with Crippen LogP contribution >= 0.6 is 11.6 Å². The number of piperazine rings is 1. The molecule has 1 saturated heterocycles. The molecule has 0 bridgehead atoms. The molecule has 0 aromatic heterocycles. The summed E-state index contributed by atoms with van der Waals surface area (Å²) in [5.74, 6) is -4.75. The second kappa shape index (κ2) is 13.1. The predicted octanol–water partition coefficient (Wildman–Crippen LogP) is 4.97. The van der Waals surface area contributed by atoms with Crippen molar-refractivity contribution in [2.45, 2.75) is 52.1 Å². The summed E-state index contributed by atoms with van der Waals surface area (Å²) >= 11 is 6.18. The number of rotatable bonds is 9. The summed E-state index contributed by atoms with van der Waals surface area (Å²) in [5, 5.41) is 15.0. The van der Waals surface area contributed by atoms with Crippen molar-refractivity contribution in [2.24, 2.45) is 5.92 Å². The summed E-state index contributed by atoms with van der Waals surface area (Å²) in [6, 6.07) is 6.64. The minimum absolute atomic E-state index is 0.125. The number of nitrogens with one attached hydrogen (secondary N) is 2. The Bertz CT molecular complexity index is 1230. The number of aliphatic hydroxyl groups excluding tert-OH is 1. The lowest BCUT2D eigenvalue weighted by atomic mass is 10.1. The van der Waals surface area contributed by atoms with Crippen LogP contribution in [0.5, 0.6) is 0 Å². The highest BCUT2D eigenvalue weighted by molar-refractivity contribution is 6.31. The molecule has 3 N–H and O–H groups in total. The van der Waals surface area contributed by atoms with Crippen molar-refractivity contribution in [1.82, 2.24) is 10.2 Å². The number of benzene rings is 2. The van der Waals surface area contributed by atoms with Crippen molar-refractivity contribution in [1.29, 1.82) is 0 Å². The highest BCUT2D eigenvalue weighted by Crippen LogP contribution is 2.32. The Balaban J connectivity index is 1.73. The number of hydrogen-bond donors (Lipinski definition) is 3. The maximum absolute atomic E-state index is 14.9. The zero-order valence-electron chi connectivity index (χ0n) is 22.3. The van der Waals surface area contributed by atoms with Crippen LogP contribution in [0.15, 0.2) is 30.3 Å². The van der Waals surface area contributed by atoms with Crippen LogP contribution < -0.4 is 15.5 Å². The van der Waals surface area contributed by atoms with Crippen molar-refractivity contribution in [3.05, 3.63) is 58.1 Å². The van der Waals surface area contributed by atoms with Crippen LogP contribution in [0.25, 0.3) is 0 Å².